The highest BCUT2D eigenvalue weighted by Gasteiger charge is 2.11. The molecule has 0 unspecified atom stereocenters. The molecule has 0 radical (unpaired) electrons. The summed E-state index contributed by atoms with van der Waals surface area (Å²) in [4.78, 5) is 18.2. The number of nitrogens with zero attached hydrogens (tertiary/aromatic N) is 4. The summed E-state index contributed by atoms with van der Waals surface area (Å²) in [5.41, 5.74) is 3.37. The number of para-hydroxylation sites is 2. The summed E-state index contributed by atoms with van der Waals surface area (Å²) in [5.74, 6) is 0.477. The maximum absolute atomic E-state index is 11.0. The first-order chi connectivity index (χ1) is 13.2. The average Bonchev–Trinajstić information content (AvgIpc) is 3.32. The Morgan fingerprint density at radius 3 is 2.81 bits per heavy atom. The Morgan fingerprint density at radius 1 is 1.19 bits per heavy atom. The van der Waals surface area contributed by atoms with E-state index in [1.165, 1.54) is 12.1 Å². The highest BCUT2D eigenvalue weighted by molar-refractivity contribution is 5.90. The molecule has 4 aromatic rings. The van der Waals surface area contributed by atoms with Crippen LogP contribution in [-0.4, -0.2) is 19.5 Å². The second-order valence-electron chi connectivity index (χ2n) is 5.85. The largest absolute Gasteiger partial charge is 0.337 e. The van der Waals surface area contributed by atoms with Gasteiger partial charge in [0, 0.05) is 24.0 Å². The second kappa shape index (κ2) is 6.61. The van der Waals surface area contributed by atoms with Crippen molar-refractivity contribution in [3.8, 4) is 11.8 Å². The van der Waals surface area contributed by atoms with Crippen molar-refractivity contribution in [2.45, 2.75) is 0 Å². The molecule has 2 aromatic carbocycles. The van der Waals surface area contributed by atoms with Gasteiger partial charge in [-0.1, -0.05) is 18.2 Å². The second-order valence-corrected chi connectivity index (χ2v) is 5.85. The maximum Gasteiger partial charge on any atom is 0.271 e. The first kappa shape index (κ1) is 16.3. The van der Waals surface area contributed by atoms with Crippen molar-refractivity contribution in [1.82, 2.24) is 14.5 Å². The van der Waals surface area contributed by atoms with Crippen LogP contribution >= 0.6 is 0 Å². The van der Waals surface area contributed by atoms with Crippen LogP contribution in [0.25, 0.3) is 28.4 Å². The first-order valence-corrected chi connectivity index (χ1v) is 8.15. The topological polar surface area (TPSA) is 101 Å². The van der Waals surface area contributed by atoms with Gasteiger partial charge in [-0.25, -0.2) is 4.98 Å². The van der Waals surface area contributed by atoms with Crippen molar-refractivity contribution >= 4 is 28.4 Å². The number of benzene rings is 2. The lowest BCUT2D eigenvalue weighted by Gasteiger charge is -2.06. The lowest BCUT2D eigenvalue weighted by Crippen LogP contribution is -1.97. The average molecular weight is 355 g/mol. The zero-order chi connectivity index (χ0) is 18.8. The third-order valence-corrected chi connectivity index (χ3v) is 4.16. The number of non-ortho nitro benzene ring substituents is 1. The van der Waals surface area contributed by atoms with Gasteiger partial charge in [-0.05, 0) is 36.4 Å². The van der Waals surface area contributed by atoms with E-state index in [2.05, 4.69) is 16.0 Å². The molecule has 0 aliphatic carbocycles. The standard InChI is InChI=1S/C20H13N5O2/c21-13-14(20-22-18-8-1-2-9-19(18)23-20)11-15-7-4-10-24(15)16-5-3-6-17(12-16)25(26)27/h1-12H,(H,22,23)/b14-11+. The van der Waals surface area contributed by atoms with Crippen molar-refractivity contribution in [1.29, 1.82) is 5.26 Å². The number of nitrogens with one attached hydrogen (secondary N) is 1. The molecule has 2 aromatic heterocycles. The highest BCUT2D eigenvalue weighted by atomic mass is 16.6. The van der Waals surface area contributed by atoms with E-state index in [-0.39, 0.29) is 5.69 Å². The van der Waals surface area contributed by atoms with Gasteiger partial charge in [0.15, 0.2) is 0 Å². The van der Waals surface area contributed by atoms with Crippen LogP contribution in [0.5, 0.6) is 0 Å². The monoisotopic (exact) mass is 355 g/mol. The normalized spacial score (nSPS) is 11.4. The van der Waals surface area contributed by atoms with Crippen molar-refractivity contribution < 1.29 is 4.92 Å². The van der Waals surface area contributed by atoms with Crippen LogP contribution in [0.3, 0.4) is 0 Å². The Balaban J connectivity index is 1.78. The SMILES string of the molecule is N#C/C(=C\c1cccn1-c1cccc([N+](=O)[O-])c1)c1nc2ccccc2[nH]1. The summed E-state index contributed by atoms with van der Waals surface area (Å²) in [7, 11) is 0. The molecule has 7 nitrogen and oxygen atoms in total. The number of hydrogen-bond acceptors (Lipinski definition) is 4. The van der Waals surface area contributed by atoms with Gasteiger partial charge in [-0.3, -0.25) is 10.1 Å². The van der Waals surface area contributed by atoms with Crippen molar-refractivity contribution in [3.05, 3.63) is 88.5 Å². The van der Waals surface area contributed by atoms with Gasteiger partial charge in [0.2, 0.25) is 0 Å². The molecule has 27 heavy (non-hydrogen) atoms. The molecule has 0 aliphatic heterocycles. The van der Waals surface area contributed by atoms with E-state index in [9.17, 15) is 15.4 Å². The number of H-pyrrole nitrogens is 1. The fraction of sp³-hybridized carbons (Fsp3) is 0. The van der Waals surface area contributed by atoms with E-state index in [1.807, 2.05) is 36.4 Å². The zero-order valence-electron chi connectivity index (χ0n) is 14.0. The molecule has 2 heterocycles. The van der Waals surface area contributed by atoms with Crippen LogP contribution in [0.2, 0.25) is 0 Å². The third kappa shape index (κ3) is 3.07. The van der Waals surface area contributed by atoms with E-state index in [1.54, 1.807) is 29.0 Å². The quantitative estimate of drug-likeness (QED) is 0.334. The summed E-state index contributed by atoms with van der Waals surface area (Å²) in [6.07, 6.45) is 3.50. The number of rotatable bonds is 4. The van der Waals surface area contributed by atoms with Gasteiger partial charge in [0.05, 0.1) is 27.2 Å². The number of nitro groups is 1. The summed E-state index contributed by atoms with van der Waals surface area (Å²) < 4.78 is 1.78. The molecule has 0 fully saturated rings. The molecule has 4 rings (SSSR count). The minimum absolute atomic E-state index is 0.00826. The molecule has 7 heteroatoms. The Labute approximate surface area is 154 Å². The molecule has 0 spiro atoms. The fourth-order valence-electron chi connectivity index (χ4n) is 2.89. The number of nitro benzene ring substituents is 1. The first-order valence-electron chi connectivity index (χ1n) is 8.15. The zero-order valence-corrected chi connectivity index (χ0v) is 14.0. The lowest BCUT2D eigenvalue weighted by atomic mass is 10.2. The Hall–Kier alpha value is -4.18. The van der Waals surface area contributed by atoms with Gasteiger partial charge in [0.1, 0.15) is 11.9 Å². The van der Waals surface area contributed by atoms with Gasteiger partial charge in [0.25, 0.3) is 5.69 Å². The lowest BCUT2D eigenvalue weighted by molar-refractivity contribution is -0.384. The molecule has 0 amide bonds. The van der Waals surface area contributed by atoms with Crippen LogP contribution in [0.1, 0.15) is 11.5 Å². The van der Waals surface area contributed by atoms with E-state index in [0.717, 1.165) is 11.0 Å². The third-order valence-electron chi connectivity index (χ3n) is 4.16. The number of nitriles is 1. The molecule has 1 N–H and O–H groups in total. The maximum atomic E-state index is 11.0. The van der Waals surface area contributed by atoms with E-state index in [0.29, 0.717) is 22.8 Å². The number of aromatic amines is 1. The van der Waals surface area contributed by atoms with Crippen molar-refractivity contribution in [2.24, 2.45) is 0 Å². The molecular formula is C20H13N5O2. The van der Waals surface area contributed by atoms with Gasteiger partial charge < -0.3 is 9.55 Å². The smallest absolute Gasteiger partial charge is 0.271 e. The Kier molecular flexibility index (Phi) is 3.99. The van der Waals surface area contributed by atoms with E-state index in [4.69, 9.17) is 0 Å². The molecule has 0 bridgehead atoms. The number of hydrogen-bond donors (Lipinski definition) is 1. The van der Waals surface area contributed by atoms with Crippen LogP contribution in [0.15, 0.2) is 66.9 Å². The Morgan fingerprint density at radius 2 is 2.04 bits per heavy atom. The Bertz CT molecular complexity index is 1190. The number of allylic oxidation sites excluding steroid dienone is 1. The van der Waals surface area contributed by atoms with E-state index < -0.39 is 4.92 Å². The predicted molar refractivity (Wildman–Crippen MR) is 102 cm³/mol. The van der Waals surface area contributed by atoms with Crippen molar-refractivity contribution in [3.63, 3.8) is 0 Å². The molecular weight excluding hydrogens is 342 g/mol. The minimum atomic E-state index is -0.433. The van der Waals surface area contributed by atoms with Crippen molar-refractivity contribution in [2.75, 3.05) is 0 Å². The molecule has 0 atom stereocenters. The summed E-state index contributed by atoms with van der Waals surface area (Å²) in [6, 6.07) is 19.7. The molecule has 0 aliphatic rings. The van der Waals surface area contributed by atoms with Crippen LogP contribution < -0.4 is 0 Å². The van der Waals surface area contributed by atoms with Gasteiger partial charge in [-0.2, -0.15) is 5.26 Å². The molecule has 0 saturated heterocycles. The highest BCUT2D eigenvalue weighted by Crippen LogP contribution is 2.23. The van der Waals surface area contributed by atoms with Gasteiger partial charge >= 0.3 is 0 Å². The van der Waals surface area contributed by atoms with Gasteiger partial charge in [-0.15, -0.1) is 0 Å². The minimum Gasteiger partial charge on any atom is -0.337 e. The number of aromatic nitrogens is 3. The fourth-order valence-corrected chi connectivity index (χ4v) is 2.89. The predicted octanol–water partition coefficient (Wildman–Crippen LogP) is 4.33. The van der Waals surface area contributed by atoms with Crippen LogP contribution in [0, 0.1) is 21.4 Å². The van der Waals surface area contributed by atoms with Crippen LogP contribution in [-0.2, 0) is 0 Å². The molecule has 0 saturated carbocycles. The summed E-state index contributed by atoms with van der Waals surface area (Å²) >= 11 is 0. The number of fused-ring (bicyclic) bond motifs is 1. The number of imidazole rings is 1. The molecule has 130 valence electrons. The summed E-state index contributed by atoms with van der Waals surface area (Å²) in [5, 5.41) is 20.6. The van der Waals surface area contributed by atoms with E-state index >= 15 is 0 Å². The summed E-state index contributed by atoms with van der Waals surface area (Å²) in [6.45, 7) is 0. The van der Waals surface area contributed by atoms with Crippen LogP contribution in [0.4, 0.5) is 5.69 Å².